The molecule has 1 amide bonds. The summed E-state index contributed by atoms with van der Waals surface area (Å²) in [6.45, 7) is 1.39. The lowest BCUT2D eigenvalue weighted by Gasteiger charge is -2.21. The summed E-state index contributed by atoms with van der Waals surface area (Å²) in [5.41, 5.74) is 1.31. The third-order valence-corrected chi connectivity index (χ3v) is 4.58. The van der Waals surface area contributed by atoms with Crippen molar-refractivity contribution in [3.8, 4) is 0 Å². The fourth-order valence-electron chi connectivity index (χ4n) is 2.16. The Kier molecular flexibility index (Phi) is 7.76. The van der Waals surface area contributed by atoms with Crippen molar-refractivity contribution in [1.82, 2.24) is 5.01 Å². The van der Waals surface area contributed by atoms with E-state index in [0.29, 0.717) is 5.56 Å². The van der Waals surface area contributed by atoms with Crippen LogP contribution in [0.3, 0.4) is 0 Å². The number of hydrogen-bond acceptors (Lipinski definition) is 5. The van der Waals surface area contributed by atoms with Gasteiger partial charge in [-0.1, -0.05) is 72.4 Å². The zero-order valence-corrected chi connectivity index (χ0v) is 15.6. The Balaban J connectivity index is 1.98. The maximum atomic E-state index is 12.5. The summed E-state index contributed by atoms with van der Waals surface area (Å²) in [5, 5.41) is 14.1. The second-order valence-corrected chi connectivity index (χ2v) is 6.73. The van der Waals surface area contributed by atoms with Gasteiger partial charge in [0.25, 0.3) is 0 Å². The second-order valence-electron chi connectivity index (χ2n) is 5.66. The molecule has 0 saturated heterocycles. The number of hydrazone groups is 1. The van der Waals surface area contributed by atoms with Crippen LogP contribution in [0.15, 0.2) is 65.8 Å². The van der Waals surface area contributed by atoms with E-state index >= 15 is 0 Å². The van der Waals surface area contributed by atoms with E-state index in [9.17, 15) is 19.5 Å². The summed E-state index contributed by atoms with van der Waals surface area (Å²) in [6, 6.07) is 16.8. The molecule has 0 heterocycles. The molecule has 0 spiro atoms. The van der Waals surface area contributed by atoms with Crippen LogP contribution in [0.2, 0.25) is 0 Å². The predicted molar refractivity (Wildman–Crippen MR) is 106 cm³/mol. The van der Waals surface area contributed by atoms with Gasteiger partial charge in [0.2, 0.25) is 11.0 Å². The molecule has 2 aromatic carbocycles. The van der Waals surface area contributed by atoms with E-state index in [1.807, 2.05) is 24.3 Å². The summed E-state index contributed by atoms with van der Waals surface area (Å²) >= 11 is 1.02. The molecule has 0 aliphatic heterocycles. The molecular weight excluding hydrogens is 364 g/mol. The summed E-state index contributed by atoms with van der Waals surface area (Å²) in [6.07, 6.45) is 1.45. The molecule has 0 aliphatic carbocycles. The van der Waals surface area contributed by atoms with Crippen molar-refractivity contribution in [1.29, 1.82) is 0 Å². The lowest BCUT2D eigenvalue weighted by Crippen LogP contribution is -2.39. The summed E-state index contributed by atoms with van der Waals surface area (Å²) in [7, 11) is 0. The van der Waals surface area contributed by atoms with Gasteiger partial charge in [0, 0.05) is 17.7 Å². The van der Waals surface area contributed by atoms with Gasteiger partial charge < -0.3 is 5.11 Å². The van der Waals surface area contributed by atoms with E-state index < -0.39 is 17.9 Å². The Morgan fingerprint density at radius 1 is 1.07 bits per heavy atom. The Bertz CT molecular complexity index is 809. The van der Waals surface area contributed by atoms with Crippen LogP contribution in [0.1, 0.15) is 29.3 Å². The van der Waals surface area contributed by atoms with Crippen LogP contribution in [0.5, 0.6) is 0 Å². The molecule has 0 fully saturated rings. The third kappa shape index (κ3) is 6.38. The summed E-state index contributed by atoms with van der Waals surface area (Å²) in [4.78, 5) is 35.8. The van der Waals surface area contributed by atoms with E-state index in [1.54, 1.807) is 36.4 Å². The number of amides is 1. The first kappa shape index (κ1) is 20.4. The molecule has 1 atom stereocenters. The number of rotatable bonds is 8. The number of aliphatic carboxylic acids is 1. The van der Waals surface area contributed by atoms with Crippen LogP contribution < -0.4 is 0 Å². The van der Waals surface area contributed by atoms with Gasteiger partial charge in [-0.15, -0.1) is 0 Å². The molecular formula is C20H20N2O4S. The smallest absolute Gasteiger partial charge is 0.328 e. The zero-order chi connectivity index (χ0) is 19.6. The summed E-state index contributed by atoms with van der Waals surface area (Å²) < 4.78 is 0. The number of hydrogen-bond donors (Lipinski definition) is 1. The Morgan fingerprint density at radius 3 is 2.26 bits per heavy atom. The summed E-state index contributed by atoms with van der Waals surface area (Å²) in [5.74, 6) is -1.36. The van der Waals surface area contributed by atoms with Crippen LogP contribution in [0.25, 0.3) is 0 Å². The van der Waals surface area contributed by atoms with Crippen molar-refractivity contribution in [2.24, 2.45) is 5.10 Å². The fourth-order valence-corrected chi connectivity index (χ4v) is 2.92. The highest BCUT2D eigenvalue weighted by Gasteiger charge is 2.25. The van der Waals surface area contributed by atoms with Crippen LogP contribution in [-0.4, -0.2) is 45.1 Å². The van der Waals surface area contributed by atoms with Gasteiger partial charge in [0.1, 0.15) is 6.04 Å². The molecule has 2 rings (SSSR count). The Hall–Kier alpha value is -2.93. The van der Waals surface area contributed by atoms with E-state index in [2.05, 4.69) is 5.10 Å². The van der Waals surface area contributed by atoms with Gasteiger partial charge in [0.15, 0.2) is 0 Å². The van der Waals surface area contributed by atoms with Crippen LogP contribution in [0.4, 0.5) is 0 Å². The highest BCUT2D eigenvalue weighted by atomic mass is 32.2. The lowest BCUT2D eigenvalue weighted by molar-refractivity contribution is -0.149. The predicted octanol–water partition coefficient (Wildman–Crippen LogP) is 3.29. The topological polar surface area (TPSA) is 87.0 Å². The highest BCUT2D eigenvalue weighted by molar-refractivity contribution is 8.14. The van der Waals surface area contributed by atoms with Gasteiger partial charge in [-0.25, -0.2) is 9.80 Å². The van der Waals surface area contributed by atoms with E-state index in [0.717, 1.165) is 22.3 Å². The van der Waals surface area contributed by atoms with Gasteiger partial charge >= 0.3 is 5.97 Å². The molecule has 0 saturated carbocycles. The quantitative estimate of drug-likeness (QED) is 0.557. The van der Waals surface area contributed by atoms with Crippen molar-refractivity contribution < 1.29 is 19.5 Å². The third-order valence-electron chi connectivity index (χ3n) is 3.67. The maximum Gasteiger partial charge on any atom is 0.328 e. The van der Waals surface area contributed by atoms with E-state index in [-0.39, 0.29) is 17.3 Å². The molecule has 1 N–H and O–H groups in total. The van der Waals surface area contributed by atoms with Gasteiger partial charge in [-0.3, -0.25) is 9.59 Å². The lowest BCUT2D eigenvalue weighted by atomic mass is 10.2. The van der Waals surface area contributed by atoms with Crippen molar-refractivity contribution in [2.45, 2.75) is 19.4 Å². The van der Waals surface area contributed by atoms with Crippen LogP contribution >= 0.6 is 11.8 Å². The molecule has 0 aliphatic rings. The Morgan fingerprint density at radius 2 is 1.67 bits per heavy atom. The number of benzene rings is 2. The minimum absolute atomic E-state index is 0.00693. The normalized spacial score (nSPS) is 11.9. The number of nitrogens with zero attached hydrogens (tertiary/aromatic N) is 2. The van der Waals surface area contributed by atoms with Crippen molar-refractivity contribution in [2.75, 3.05) is 5.75 Å². The standard InChI is InChI=1S/C20H20N2O4S/c1-15(19(24)25)22(21-14-16-8-4-2-5-9-16)18(23)12-13-27-20(26)17-10-6-3-7-11-17/h2-11,14-15H,12-13H2,1H3,(H,24,25)/b21-14+. The molecule has 6 nitrogen and oxygen atoms in total. The van der Waals surface area contributed by atoms with Gasteiger partial charge in [-0.2, -0.15) is 5.10 Å². The number of thioether (sulfide) groups is 1. The first-order valence-corrected chi connectivity index (χ1v) is 9.33. The number of carboxylic acid groups (broad SMARTS) is 1. The monoisotopic (exact) mass is 384 g/mol. The molecule has 7 heteroatoms. The highest BCUT2D eigenvalue weighted by Crippen LogP contribution is 2.14. The second kappa shape index (κ2) is 10.3. The molecule has 1 unspecified atom stereocenters. The molecule has 2 aromatic rings. The van der Waals surface area contributed by atoms with Crippen LogP contribution in [0, 0.1) is 0 Å². The first-order valence-electron chi connectivity index (χ1n) is 8.35. The number of carbonyl (C=O) groups excluding carboxylic acids is 2. The molecule has 0 aromatic heterocycles. The van der Waals surface area contributed by atoms with E-state index in [1.165, 1.54) is 13.1 Å². The number of carboxylic acids is 1. The van der Waals surface area contributed by atoms with Gasteiger partial charge in [-0.05, 0) is 12.5 Å². The average Bonchev–Trinajstić information content (AvgIpc) is 2.69. The zero-order valence-electron chi connectivity index (χ0n) is 14.8. The minimum Gasteiger partial charge on any atom is -0.480 e. The molecule has 140 valence electrons. The minimum atomic E-state index is -1.15. The van der Waals surface area contributed by atoms with Crippen LogP contribution in [-0.2, 0) is 9.59 Å². The van der Waals surface area contributed by atoms with Crippen molar-refractivity contribution in [3.05, 3.63) is 71.8 Å². The van der Waals surface area contributed by atoms with Gasteiger partial charge in [0.05, 0.1) is 6.21 Å². The average molecular weight is 384 g/mol. The van der Waals surface area contributed by atoms with Crippen molar-refractivity contribution >= 4 is 35.0 Å². The largest absolute Gasteiger partial charge is 0.480 e. The molecule has 0 radical (unpaired) electrons. The SMILES string of the molecule is CC(C(=O)O)N(/N=C/c1ccccc1)C(=O)CCSC(=O)c1ccccc1. The van der Waals surface area contributed by atoms with Crippen molar-refractivity contribution in [3.63, 3.8) is 0 Å². The Labute approximate surface area is 161 Å². The maximum absolute atomic E-state index is 12.5. The molecule has 0 bridgehead atoms. The van der Waals surface area contributed by atoms with E-state index in [4.69, 9.17) is 0 Å². The molecule has 27 heavy (non-hydrogen) atoms. The number of carbonyl (C=O) groups is 3. The first-order chi connectivity index (χ1) is 13.0. The fraction of sp³-hybridized carbons (Fsp3) is 0.200.